The monoisotopic (exact) mass is 253 g/mol. The lowest BCUT2D eigenvalue weighted by Gasteiger charge is -2.25. The Kier molecular flexibility index (Phi) is 4.84. The first kappa shape index (κ1) is 14.6. The van der Waals surface area contributed by atoms with Gasteiger partial charge in [-0.25, -0.2) is 0 Å². The fourth-order valence-corrected chi connectivity index (χ4v) is 1.54. The lowest BCUT2D eigenvalue weighted by Crippen LogP contribution is -2.49. The molecule has 6 nitrogen and oxygen atoms in total. The molecule has 0 spiro atoms. The molecule has 0 aliphatic carbocycles. The molecule has 3 N–H and O–H groups in total. The minimum Gasteiger partial charge on any atom is -0.354 e. The zero-order chi connectivity index (χ0) is 13.8. The molecule has 0 aliphatic rings. The standard InChI is InChI=1S/C12H23N5O/c1-5-17-8-15-16-9(17)6-7-14-11(18)10(13)12(2,3)4/h8,10H,5-7,13H2,1-4H3,(H,14,18)/t10-/m1/s1. The normalized spacial score (nSPS) is 13.4. The molecule has 1 aromatic rings. The number of aryl methyl sites for hydroxylation is 1. The molecule has 1 amide bonds. The minimum absolute atomic E-state index is 0.120. The summed E-state index contributed by atoms with van der Waals surface area (Å²) in [7, 11) is 0. The number of rotatable bonds is 5. The van der Waals surface area contributed by atoms with Crippen LogP contribution in [-0.2, 0) is 17.8 Å². The van der Waals surface area contributed by atoms with Gasteiger partial charge in [-0.3, -0.25) is 4.79 Å². The van der Waals surface area contributed by atoms with Gasteiger partial charge in [0.1, 0.15) is 12.2 Å². The molecule has 18 heavy (non-hydrogen) atoms. The Morgan fingerprint density at radius 2 is 2.22 bits per heavy atom. The molecule has 0 fully saturated rings. The first-order valence-corrected chi connectivity index (χ1v) is 6.26. The zero-order valence-corrected chi connectivity index (χ0v) is 11.6. The van der Waals surface area contributed by atoms with Gasteiger partial charge in [-0.15, -0.1) is 10.2 Å². The van der Waals surface area contributed by atoms with Crippen molar-refractivity contribution in [3.8, 4) is 0 Å². The molecule has 1 atom stereocenters. The largest absolute Gasteiger partial charge is 0.354 e. The van der Waals surface area contributed by atoms with Crippen molar-refractivity contribution >= 4 is 5.91 Å². The highest BCUT2D eigenvalue weighted by molar-refractivity contribution is 5.82. The molecular formula is C12H23N5O. The first-order valence-electron chi connectivity index (χ1n) is 6.26. The third-order valence-corrected chi connectivity index (χ3v) is 2.90. The van der Waals surface area contributed by atoms with Gasteiger partial charge in [-0.1, -0.05) is 20.8 Å². The number of carbonyl (C=O) groups excluding carboxylic acids is 1. The number of nitrogens with two attached hydrogens (primary N) is 1. The van der Waals surface area contributed by atoms with Crippen LogP contribution in [0.2, 0.25) is 0 Å². The predicted octanol–water partition coefficient (Wildman–Crippen LogP) is 0.330. The second-order valence-corrected chi connectivity index (χ2v) is 5.42. The number of aromatic nitrogens is 3. The van der Waals surface area contributed by atoms with Crippen LogP contribution in [0.4, 0.5) is 0 Å². The van der Waals surface area contributed by atoms with Gasteiger partial charge in [-0.05, 0) is 12.3 Å². The Hall–Kier alpha value is -1.43. The number of hydrogen-bond donors (Lipinski definition) is 2. The molecule has 0 radical (unpaired) electrons. The predicted molar refractivity (Wildman–Crippen MR) is 69.8 cm³/mol. The van der Waals surface area contributed by atoms with Crippen molar-refractivity contribution in [3.05, 3.63) is 12.2 Å². The van der Waals surface area contributed by atoms with E-state index in [-0.39, 0.29) is 11.3 Å². The summed E-state index contributed by atoms with van der Waals surface area (Å²) in [6, 6.07) is -0.499. The molecule has 6 heteroatoms. The average molecular weight is 253 g/mol. The van der Waals surface area contributed by atoms with E-state index >= 15 is 0 Å². The number of hydrogen-bond acceptors (Lipinski definition) is 4. The topological polar surface area (TPSA) is 85.8 Å². The van der Waals surface area contributed by atoms with Crippen LogP contribution >= 0.6 is 0 Å². The van der Waals surface area contributed by atoms with E-state index in [0.29, 0.717) is 13.0 Å². The summed E-state index contributed by atoms with van der Waals surface area (Å²) in [4.78, 5) is 11.8. The number of nitrogens with one attached hydrogen (secondary N) is 1. The van der Waals surface area contributed by atoms with Crippen LogP contribution in [0.3, 0.4) is 0 Å². The van der Waals surface area contributed by atoms with Gasteiger partial charge in [0.2, 0.25) is 5.91 Å². The molecule has 0 unspecified atom stereocenters. The van der Waals surface area contributed by atoms with Crippen molar-refractivity contribution in [1.82, 2.24) is 20.1 Å². The summed E-state index contributed by atoms with van der Waals surface area (Å²) in [5, 5.41) is 10.7. The highest BCUT2D eigenvalue weighted by Crippen LogP contribution is 2.16. The van der Waals surface area contributed by atoms with Crippen LogP contribution in [0.5, 0.6) is 0 Å². The number of carbonyl (C=O) groups is 1. The van der Waals surface area contributed by atoms with Gasteiger partial charge in [-0.2, -0.15) is 0 Å². The van der Waals surface area contributed by atoms with Gasteiger partial charge >= 0.3 is 0 Å². The molecule has 0 saturated carbocycles. The lowest BCUT2D eigenvalue weighted by molar-refractivity contribution is -0.124. The molecule has 0 aromatic carbocycles. The van der Waals surface area contributed by atoms with E-state index < -0.39 is 6.04 Å². The van der Waals surface area contributed by atoms with Crippen molar-refractivity contribution in [2.75, 3.05) is 6.54 Å². The minimum atomic E-state index is -0.499. The third kappa shape index (κ3) is 3.80. The Balaban J connectivity index is 2.41. The van der Waals surface area contributed by atoms with E-state index in [9.17, 15) is 4.79 Å². The maximum absolute atomic E-state index is 11.8. The van der Waals surface area contributed by atoms with Crippen molar-refractivity contribution in [2.24, 2.45) is 11.1 Å². The van der Waals surface area contributed by atoms with Crippen LogP contribution in [0.1, 0.15) is 33.5 Å². The fourth-order valence-electron chi connectivity index (χ4n) is 1.54. The molecule has 1 rings (SSSR count). The average Bonchev–Trinajstić information content (AvgIpc) is 2.74. The molecule has 0 bridgehead atoms. The summed E-state index contributed by atoms with van der Waals surface area (Å²) in [6.45, 7) is 9.24. The zero-order valence-electron chi connectivity index (χ0n) is 11.6. The molecule has 1 heterocycles. The van der Waals surface area contributed by atoms with E-state index in [0.717, 1.165) is 12.4 Å². The van der Waals surface area contributed by atoms with Gasteiger partial charge in [0, 0.05) is 19.5 Å². The van der Waals surface area contributed by atoms with E-state index in [1.54, 1.807) is 6.33 Å². The van der Waals surface area contributed by atoms with Crippen molar-refractivity contribution < 1.29 is 4.79 Å². The Morgan fingerprint density at radius 3 is 2.78 bits per heavy atom. The van der Waals surface area contributed by atoms with Crippen LogP contribution in [0.15, 0.2) is 6.33 Å². The second kappa shape index (κ2) is 5.95. The maximum Gasteiger partial charge on any atom is 0.237 e. The summed E-state index contributed by atoms with van der Waals surface area (Å²) in [6.07, 6.45) is 2.36. The lowest BCUT2D eigenvalue weighted by atomic mass is 9.87. The number of nitrogens with zero attached hydrogens (tertiary/aromatic N) is 3. The molecule has 1 aromatic heterocycles. The van der Waals surface area contributed by atoms with E-state index in [1.165, 1.54) is 0 Å². The highest BCUT2D eigenvalue weighted by Gasteiger charge is 2.26. The quantitative estimate of drug-likeness (QED) is 0.792. The van der Waals surface area contributed by atoms with Crippen molar-refractivity contribution in [3.63, 3.8) is 0 Å². The smallest absolute Gasteiger partial charge is 0.237 e. The Bertz CT molecular complexity index is 393. The van der Waals surface area contributed by atoms with E-state index in [1.807, 2.05) is 32.3 Å². The summed E-state index contributed by atoms with van der Waals surface area (Å²) in [5.41, 5.74) is 5.64. The summed E-state index contributed by atoms with van der Waals surface area (Å²) in [5.74, 6) is 0.757. The molecule has 102 valence electrons. The Morgan fingerprint density at radius 1 is 1.56 bits per heavy atom. The fraction of sp³-hybridized carbons (Fsp3) is 0.750. The SMILES string of the molecule is CCn1cnnc1CCNC(=O)[C@@H](N)C(C)(C)C. The van der Waals surface area contributed by atoms with Crippen LogP contribution in [-0.4, -0.2) is 33.3 Å². The van der Waals surface area contributed by atoms with Crippen LogP contribution in [0, 0.1) is 5.41 Å². The van der Waals surface area contributed by atoms with Crippen LogP contribution < -0.4 is 11.1 Å². The van der Waals surface area contributed by atoms with E-state index in [4.69, 9.17) is 5.73 Å². The van der Waals surface area contributed by atoms with E-state index in [2.05, 4.69) is 15.5 Å². The number of amides is 1. The second-order valence-electron chi connectivity index (χ2n) is 5.42. The Labute approximate surface area is 108 Å². The van der Waals surface area contributed by atoms with Gasteiger partial charge in [0.25, 0.3) is 0 Å². The summed E-state index contributed by atoms with van der Waals surface area (Å²) >= 11 is 0. The molecule has 0 saturated heterocycles. The summed E-state index contributed by atoms with van der Waals surface area (Å²) < 4.78 is 1.95. The van der Waals surface area contributed by atoms with Gasteiger partial charge in [0.05, 0.1) is 6.04 Å². The molecule has 0 aliphatic heterocycles. The van der Waals surface area contributed by atoms with Gasteiger partial charge in [0.15, 0.2) is 0 Å². The van der Waals surface area contributed by atoms with Gasteiger partial charge < -0.3 is 15.6 Å². The molecular weight excluding hydrogens is 230 g/mol. The maximum atomic E-state index is 11.8. The first-order chi connectivity index (χ1) is 8.36. The van der Waals surface area contributed by atoms with Crippen LogP contribution in [0.25, 0.3) is 0 Å². The highest BCUT2D eigenvalue weighted by atomic mass is 16.2. The third-order valence-electron chi connectivity index (χ3n) is 2.90. The van der Waals surface area contributed by atoms with Crippen molar-refractivity contribution in [1.29, 1.82) is 0 Å². The van der Waals surface area contributed by atoms with Crippen molar-refractivity contribution in [2.45, 2.75) is 46.7 Å².